The van der Waals surface area contributed by atoms with Gasteiger partial charge in [0.1, 0.15) is 6.26 Å². The van der Waals surface area contributed by atoms with Crippen molar-refractivity contribution in [2.75, 3.05) is 11.9 Å². The van der Waals surface area contributed by atoms with Gasteiger partial charge < -0.3 is 9.73 Å². The quantitative estimate of drug-likeness (QED) is 0.872. The summed E-state index contributed by atoms with van der Waals surface area (Å²) in [6.07, 6.45) is 2.88. The summed E-state index contributed by atoms with van der Waals surface area (Å²) < 4.78 is 4.86. The van der Waals surface area contributed by atoms with E-state index in [9.17, 15) is 4.79 Å². The van der Waals surface area contributed by atoms with Gasteiger partial charge >= 0.3 is 0 Å². The second kappa shape index (κ2) is 5.79. The summed E-state index contributed by atoms with van der Waals surface area (Å²) in [5, 5.41) is 8.56. The Morgan fingerprint density at radius 2 is 2.44 bits per heavy atom. The molecule has 2 heterocycles. The lowest BCUT2D eigenvalue weighted by Gasteiger charge is -2.08. The van der Waals surface area contributed by atoms with Crippen molar-refractivity contribution in [2.24, 2.45) is 0 Å². The first kappa shape index (κ1) is 12.8. The van der Waals surface area contributed by atoms with E-state index in [-0.39, 0.29) is 11.9 Å². The van der Waals surface area contributed by atoms with E-state index in [2.05, 4.69) is 15.6 Å². The number of aromatic nitrogens is 1. The number of thiazole rings is 1. The SMILES string of the molecule is CCNC(C)c1csc(NC(=O)c2ccoc2)n1. The van der Waals surface area contributed by atoms with Crippen molar-refractivity contribution < 1.29 is 9.21 Å². The Kier molecular flexibility index (Phi) is 4.11. The number of nitrogens with one attached hydrogen (secondary N) is 2. The molecule has 1 unspecified atom stereocenters. The van der Waals surface area contributed by atoms with Gasteiger partial charge in [0.2, 0.25) is 0 Å². The van der Waals surface area contributed by atoms with Crippen LogP contribution in [0.5, 0.6) is 0 Å². The molecule has 2 rings (SSSR count). The molecule has 6 heteroatoms. The molecule has 2 N–H and O–H groups in total. The Balaban J connectivity index is 2.00. The van der Waals surface area contributed by atoms with Crippen LogP contribution >= 0.6 is 11.3 Å². The zero-order valence-electron chi connectivity index (χ0n) is 10.3. The number of furan rings is 1. The van der Waals surface area contributed by atoms with Gasteiger partial charge in [0.15, 0.2) is 5.13 Å². The lowest BCUT2D eigenvalue weighted by Crippen LogP contribution is -2.18. The molecule has 0 bridgehead atoms. The van der Waals surface area contributed by atoms with Crippen LogP contribution in [-0.2, 0) is 0 Å². The Hall–Kier alpha value is -1.66. The van der Waals surface area contributed by atoms with E-state index in [4.69, 9.17) is 4.42 Å². The predicted molar refractivity (Wildman–Crippen MR) is 70.9 cm³/mol. The smallest absolute Gasteiger partial charge is 0.260 e. The summed E-state index contributed by atoms with van der Waals surface area (Å²) in [5.41, 5.74) is 1.43. The summed E-state index contributed by atoms with van der Waals surface area (Å²) >= 11 is 1.42. The maximum atomic E-state index is 11.8. The zero-order chi connectivity index (χ0) is 13.0. The summed E-state index contributed by atoms with van der Waals surface area (Å²) in [6.45, 7) is 4.97. The highest BCUT2D eigenvalue weighted by Crippen LogP contribution is 2.21. The van der Waals surface area contributed by atoms with Crippen LogP contribution in [0.2, 0.25) is 0 Å². The lowest BCUT2D eigenvalue weighted by molar-refractivity contribution is 0.102. The first-order valence-electron chi connectivity index (χ1n) is 5.73. The minimum Gasteiger partial charge on any atom is -0.472 e. The molecule has 0 fully saturated rings. The summed E-state index contributed by atoms with van der Waals surface area (Å²) in [4.78, 5) is 16.1. The number of amides is 1. The molecular formula is C12H15N3O2S. The number of rotatable bonds is 5. The minimum absolute atomic E-state index is 0.186. The molecule has 0 aliphatic heterocycles. The van der Waals surface area contributed by atoms with Crippen LogP contribution in [0.15, 0.2) is 28.4 Å². The zero-order valence-corrected chi connectivity index (χ0v) is 11.1. The van der Waals surface area contributed by atoms with Crippen LogP contribution < -0.4 is 10.6 Å². The fourth-order valence-electron chi connectivity index (χ4n) is 1.52. The van der Waals surface area contributed by atoms with E-state index >= 15 is 0 Å². The van der Waals surface area contributed by atoms with Crippen molar-refractivity contribution in [2.45, 2.75) is 19.9 Å². The summed E-state index contributed by atoms with van der Waals surface area (Å²) in [5.74, 6) is -0.208. The van der Waals surface area contributed by atoms with Gasteiger partial charge in [0.25, 0.3) is 5.91 Å². The van der Waals surface area contributed by atoms with Crippen LogP contribution in [0.3, 0.4) is 0 Å². The molecule has 0 spiro atoms. The van der Waals surface area contributed by atoms with Crippen LogP contribution in [0.4, 0.5) is 5.13 Å². The largest absolute Gasteiger partial charge is 0.472 e. The van der Waals surface area contributed by atoms with E-state index in [0.29, 0.717) is 10.7 Å². The molecule has 0 aromatic carbocycles. The van der Waals surface area contributed by atoms with E-state index in [0.717, 1.165) is 12.2 Å². The highest BCUT2D eigenvalue weighted by Gasteiger charge is 2.12. The molecule has 18 heavy (non-hydrogen) atoms. The molecule has 96 valence electrons. The van der Waals surface area contributed by atoms with Crippen LogP contribution in [0, 0.1) is 0 Å². The molecular weight excluding hydrogens is 250 g/mol. The second-order valence-electron chi connectivity index (χ2n) is 3.82. The third-order valence-electron chi connectivity index (χ3n) is 2.48. The van der Waals surface area contributed by atoms with E-state index in [1.807, 2.05) is 19.2 Å². The van der Waals surface area contributed by atoms with Gasteiger partial charge in [-0.15, -0.1) is 11.3 Å². The van der Waals surface area contributed by atoms with Gasteiger partial charge in [-0.3, -0.25) is 10.1 Å². The fourth-order valence-corrected chi connectivity index (χ4v) is 2.32. The molecule has 0 radical (unpaired) electrons. The molecule has 1 atom stereocenters. The van der Waals surface area contributed by atoms with Gasteiger partial charge in [-0.1, -0.05) is 6.92 Å². The molecule has 0 saturated carbocycles. The van der Waals surface area contributed by atoms with Crippen LogP contribution in [0.25, 0.3) is 0 Å². The highest BCUT2D eigenvalue weighted by molar-refractivity contribution is 7.14. The van der Waals surface area contributed by atoms with Crippen LogP contribution in [-0.4, -0.2) is 17.4 Å². The van der Waals surface area contributed by atoms with Gasteiger partial charge in [0.05, 0.1) is 17.5 Å². The van der Waals surface area contributed by atoms with Gasteiger partial charge in [-0.25, -0.2) is 4.98 Å². The molecule has 0 aliphatic carbocycles. The predicted octanol–water partition coefficient (Wildman–Crippen LogP) is 2.66. The number of hydrogen-bond acceptors (Lipinski definition) is 5. The van der Waals surface area contributed by atoms with Crippen molar-refractivity contribution >= 4 is 22.4 Å². The van der Waals surface area contributed by atoms with E-state index < -0.39 is 0 Å². The highest BCUT2D eigenvalue weighted by atomic mass is 32.1. The number of hydrogen-bond donors (Lipinski definition) is 2. The molecule has 0 aliphatic rings. The third-order valence-corrected chi connectivity index (χ3v) is 3.26. The van der Waals surface area contributed by atoms with Crippen molar-refractivity contribution in [1.82, 2.24) is 10.3 Å². The molecule has 5 nitrogen and oxygen atoms in total. The molecule has 2 aromatic rings. The molecule has 1 amide bonds. The fraction of sp³-hybridized carbons (Fsp3) is 0.333. The Morgan fingerprint density at radius 1 is 1.61 bits per heavy atom. The Bertz CT molecular complexity index is 507. The number of carbonyl (C=O) groups excluding carboxylic acids is 1. The molecule has 0 saturated heterocycles. The average molecular weight is 265 g/mol. The van der Waals surface area contributed by atoms with Crippen molar-refractivity contribution in [1.29, 1.82) is 0 Å². The standard InChI is InChI=1S/C12H15N3O2S/c1-3-13-8(2)10-7-18-12(14-10)15-11(16)9-4-5-17-6-9/h4-8,13H,3H2,1-2H3,(H,14,15,16). The second-order valence-corrected chi connectivity index (χ2v) is 4.68. The van der Waals surface area contributed by atoms with Crippen molar-refractivity contribution in [3.05, 3.63) is 35.2 Å². The molecule has 2 aromatic heterocycles. The van der Waals surface area contributed by atoms with Gasteiger partial charge in [-0.05, 0) is 19.5 Å². The first-order valence-corrected chi connectivity index (χ1v) is 6.61. The van der Waals surface area contributed by atoms with Crippen LogP contribution in [0.1, 0.15) is 35.9 Å². The van der Waals surface area contributed by atoms with Crippen molar-refractivity contribution in [3.63, 3.8) is 0 Å². The Labute approximate surface area is 109 Å². The minimum atomic E-state index is -0.208. The summed E-state index contributed by atoms with van der Waals surface area (Å²) in [6, 6.07) is 1.80. The number of nitrogens with zero attached hydrogens (tertiary/aromatic N) is 1. The van der Waals surface area contributed by atoms with Gasteiger partial charge in [-0.2, -0.15) is 0 Å². The monoisotopic (exact) mass is 265 g/mol. The number of carbonyl (C=O) groups is 1. The van der Waals surface area contributed by atoms with Crippen molar-refractivity contribution in [3.8, 4) is 0 Å². The maximum Gasteiger partial charge on any atom is 0.260 e. The first-order chi connectivity index (χ1) is 8.70. The van der Waals surface area contributed by atoms with E-state index in [1.165, 1.54) is 23.9 Å². The average Bonchev–Trinajstić information content (AvgIpc) is 2.99. The topological polar surface area (TPSA) is 67.2 Å². The lowest BCUT2D eigenvalue weighted by atomic mass is 10.3. The normalized spacial score (nSPS) is 12.3. The third kappa shape index (κ3) is 2.96. The number of anilines is 1. The Morgan fingerprint density at radius 3 is 3.11 bits per heavy atom. The summed E-state index contributed by atoms with van der Waals surface area (Å²) in [7, 11) is 0. The maximum absolute atomic E-state index is 11.8. The van der Waals surface area contributed by atoms with E-state index in [1.54, 1.807) is 6.07 Å². The van der Waals surface area contributed by atoms with Gasteiger partial charge in [0, 0.05) is 11.4 Å².